The van der Waals surface area contributed by atoms with Crippen molar-refractivity contribution < 1.29 is 9.32 Å². The highest BCUT2D eigenvalue weighted by Crippen LogP contribution is 2.32. The lowest BCUT2D eigenvalue weighted by molar-refractivity contribution is 0.0554. The van der Waals surface area contributed by atoms with E-state index in [4.69, 9.17) is 4.52 Å². The SMILES string of the molecule is CCn1ccc(C(=O)N2CCCC[C@@H]2c2nc(-c3ccncc3)no2)n1. The van der Waals surface area contributed by atoms with Crippen LogP contribution in [0.3, 0.4) is 0 Å². The maximum atomic E-state index is 12.9. The quantitative estimate of drug-likeness (QED) is 0.717. The van der Waals surface area contributed by atoms with Crippen LogP contribution in [0.15, 0.2) is 41.3 Å². The molecule has 1 aliphatic heterocycles. The van der Waals surface area contributed by atoms with Gasteiger partial charge in [0.1, 0.15) is 11.7 Å². The van der Waals surface area contributed by atoms with Gasteiger partial charge < -0.3 is 9.42 Å². The van der Waals surface area contributed by atoms with Crippen LogP contribution in [-0.2, 0) is 6.54 Å². The Hall–Kier alpha value is -3.03. The highest BCUT2D eigenvalue weighted by molar-refractivity contribution is 5.92. The third-order valence-electron chi connectivity index (χ3n) is 4.61. The van der Waals surface area contributed by atoms with Crippen LogP contribution in [-0.4, -0.2) is 42.3 Å². The maximum absolute atomic E-state index is 12.9. The molecule has 0 spiro atoms. The van der Waals surface area contributed by atoms with Gasteiger partial charge in [-0.2, -0.15) is 10.1 Å². The highest BCUT2D eigenvalue weighted by atomic mass is 16.5. The molecule has 1 atom stereocenters. The number of likely N-dealkylation sites (tertiary alicyclic amines) is 1. The minimum atomic E-state index is -0.217. The van der Waals surface area contributed by atoms with Crippen LogP contribution in [0, 0.1) is 0 Å². The third-order valence-corrected chi connectivity index (χ3v) is 4.61. The minimum absolute atomic E-state index is 0.0921. The first-order valence-corrected chi connectivity index (χ1v) is 8.84. The lowest BCUT2D eigenvalue weighted by Gasteiger charge is -2.32. The van der Waals surface area contributed by atoms with Crippen molar-refractivity contribution in [3.8, 4) is 11.4 Å². The first-order valence-electron chi connectivity index (χ1n) is 8.84. The van der Waals surface area contributed by atoms with Crippen LogP contribution < -0.4 is 0 Å². The number of hydrogen-bond acceptors (Lipinski definition) is 6. The molecule has 134 valence electrons. The number of carbonyl (C=O) groups is 1. The average Bonchev–Trinajstić information content (AvgIpc) is 3.38. The number of aryl methyl sites for hydroxylation is 1. The zero-order chi connectivity index (χ0) is 17.9. The van der Waals surface area contributed by atoms with Crippen LogP contribution in [0.5, 0.6) is 0 Å². The van der Waals surface area contributed by atoms with Crippen molar-refractivity contribution in [1.29, 1.82) is 0 Å². The Balaban J connectivity index is 1.60. The molecule has 0 radical (unpaired) electrons. The van der Waals surface area contributed by atoms with E-state index in [-0.39, 0.29) is 11.9 Å². The molecule has 3 aromatic rings. The second kappa shape index (κ2) is 7.07. The second-order valence-electron chi connectivity index (χ2n) is 6.26. The second-order valence-corrected chi connectivity index (χ2v) is 6.26. The number of pyridine rings is 1. The van der Waals surface area contributed by atoms with Gasteiger partial charge in [0.15, 0.2) is 0 Å². The largest absolute Gasteiger partial charge is 0.337 e. The summed E-state index contributed by atoms with van der Waals surface area (Å²) in [6.07, 6.45) is 7.98. The van der Waals surface area contributed by atoms with E-state index >= 15 is 0 Å². The number of nitrogens with zero attached hydrogens (tertiary/aromatic N) is 6. The van der Waals surface area contributed by atoms with Crippen molar-refractivity contribution in [2.75, 3.05) is 6.54 Å². The lowest BCUT2D eigenvalue weighted by atomic mass is 10.0. The fraction of sp³-hybridized carbons (Fsp3) is 0.389. The standard InChI is InChI=1S/C18H20N6O2/c1-2-23-12-8-14(21-23)18(25)24-11-4-3-5-15(24)17-20-16(22-26-17)13-6-9-19-10-7-13/h6-10,12,15H,2-5,11H2,1H3/t15-/m1/s1. The molecule has 26 heavy (non-hydrogen) atoms. The molecule has 1 amide bonds. The van der Waals surface area contributed by atoms with Crippen molar-refractivity contribution in [3.05, 3.63) is 48.4 Å². The number of aromatic nitrogens is 5. The monoisotopic (exact) mass is 352 g/mol. The fourth-order valence-corrected chi connectivity index (χ4v) is 3.22. The van der Waals surface area contributed by atoms with Crippen LogP contribution in [0.4, 0.5) is 0 Å². The summed E-state index contributed by atoms with van der Waals surface area (Å²) in [5.74, 6) is 0.890. The average molecular weight is 352 g/mol. The molecule has 1 fully saturated rings. The molecule has 4 heterocycles. The molecule has 8 heteroatoms. The smallest absolute Gasteiger partial charge is 0.275 e. The van der Waals surface area contributed by atoms with Crippen LogP contribution in [0.25, 0.3) is 11.4 Å². The van der Waals surface area contributed by atoms with Gasteiger partial charge >= 0.3 is 0 Å². The summed E-state index contributed by atoms with van der Waals surface area (Å²) in [6, 6.07) is 5.20. The topological polar surface area (TPSA) is 89.9 Å². The number of amides is 1. The Bertz CT molecular complexity index is 888. The van der Waals surface area contributed by atoms with E-state index in [0.29, 0.717) is 24.0 Å². The summed E-state index contributed by atoms with van der Waals surface area (Å²) >= 11 is 0. The molecule has 0 N–H and O–H groups in total. The van der Waals surface area contributed by atoms with Gasteiger partial charge in [0, 0.05) is 37.2 Å². The van der Waals surface area contributed by atoms with E-state index in [1.54, 1.807) is 28.0 Å². The van der Waals surface area contributed by atoms with Crippen molar-refractivity contribution >= 4 is 5.91 Å². The van der Waals surface area contributed by atoms with Gasteiger partial charge in [0.2, 0.25) is 11.7 Å². The number of rotatable bonds is 4. The molecule has 0 unspecified atom stereocenters. The minimum Gasteiger partial charge on any atom is -0.337 e. The van der Waals surface area contributed by atoms with Gasteiger partial charge in [-0.25, -0.2) is 0 Å². The van der Waals surface area contributed by atoms with E-state index < -0.39 is 0 Å². The van der Waals surface area contributed by atoms with E-state index in [0.717, 1.165) is 31.4 Å². The van der Waals surface area contributed by atoms with Gasteiger partial charge in [-0.15, -0.1) is 0 Å². The summed E-state index contributed by atoms with van der Waals surface area (Å²) in [7, 11) is 0. The predicted molar refractivity (Wildman–Crippen MR) is 93.1 cm³/mol. The third kappa shape index (κ3) is 3.10. The van der Waals surface area contributed by atoms with Crippen molar-refractivity contribution in [2.24, 2.45) is 0 Å². The number of hydrogen-bond donors (Lipinski definition) is 0. The maximum Gasteiger partial charge on any atom is 0.275 e. The van der Waals surface area contributed by atoms with Gasteiger partial charge in [0.05, 0.1) is 0 Å². The van der Waals surface area contributed by atoms with Crippen LogP contribution in [0.2, 0.25) is 0 Å². The van der Waals surface area contributed by atoms with Gasteiger partial charge in [-0.1, -0.05) is 5.16 Å². The zero-order valence-corrected chi connectivity index (χ0v) is 14.6. The van der Waals surface area contributed by atoms with Crippen LogP contribution >= 0.6 is 0 Å². The summed E-state index contributed by atoms with van der Waals surface area (Å²) < 4.78 is 7.25. The summed E-state index contributed by atoms with van der Waals surface area (Å²) in [5.41, 5.74) is 1.29. The molecule has 3 aromatic heterocycles. The normalized spacial score (nSPS) is 17.4. The molecule has 0 bridgehead atoms. The Morgan fingerprint density at radius 2 is 2.12 bits per heavy atom. The van der Waals surface area contributed by atoms with E-state index in [9.17, 15) is 4.79 Å². The summed E-state index contributed by atoms with van der Waals surface area (Å²) in [6.45, 7) is 3.38. The number of carbonyl (C=O) groups excluding carboxylic acids is 1. The molecule has 0 aliphatic carbocycles. The Labute approximate surface area is 150 Å². The summed E-state index contributed by atoms with van der Waals surface area (Å²) in [5, 5.41) is 8.41. The predicted octanol–water partition coefficient (Wildman–Crippen LogP) is 2.72. The lowest BCUT2D eigenvalue weighted by Crippen LogP contribution is -2.39. The molecule has 4 rings (SSSR count). The molecule has 0 saturated carbocycles. The van der Waals surface area contributed by atoms with Gasteiger partial charge in [0.25, 0.3) is 5.91 Å². The van der Waals surface area contributed by atoms with Crippen molar-refractivity contribution in [2.45, 2.75) is 38.8 Å². The van der Waals surface area contributed by atoms with Crippen LogP contribution in [0.1, 0.15) is 48.6 Å². The van der Waals surface area contributed by atoms with Crippen molar-refractivity contribution in [3.63, 3.8) is 0 Å². The Kier molecular flexibility index (Phi) is 4.47. The fourth-order valence-electron chi connectivity index (χ4n) is 3.22. The van der Waals surface area contributed by atoms with E-state index in [2.05, 4.69) is 20.2 Å². The molecule has 8 nitrogen and oxygen atoms in total. The summed E-state index contributed by atoms with van der Waals surface area (Å²) in [4.78, 5) is 23.3. The highest BCUT2D eigenvalue weighted by Gasteiger charge is 2.33. The van der Waals surface area contributed by atoms with Gasteiger partial charge in [-0.3, -0.25) is 14.5 Å². The van der Waals surface area contributed by atoms with Gasteiger partial charge in [-0.05, 0) is 44.4 Å². The Morgan fingerprint density at radius 3 is 2.88 bits per heavy atom. The first kappa shape index (κ1) is 16.4. The molecular weight excluding hydrogens is 332 g/mol. The molecule has 0 aromatic carbocycles. The molecule has 1 aliphatic rings. The molecule has 1 saturated heterocycles. The van der Waals surface area contributed by atoms with E-state index in [1.807, 2.05) is 25.3 Å². The Morgan fingerprint density at radius 1 is 1.27 bits per heavy atom. The van der Waals surface area contributed by atoms with E-state index in [1.165, 1.54) is 0 Å². The molecular formula is C18H20N6O2. The number of piperidine rings is 1. The first-order chi connectivity index (χ1) is 12.8. The zero-order valence-electron chi connectivity index (χ0n) is 14.6. The van der Waals surface area contributed by atoms with Crippen molar-refractivity contribution in [1.82, 2.24) is 29.8 Å².